The van der Waals surface area contributed by atoms with E-state index in [1.165, 1.54) is 0 Å². The number of aromatic amines is 1. The molecule has 1 fully saturated rings. The van der Waals surface area contributed by atoms with Crippen molar-refractivity contribution in [1.82, 2.24) is 15.1 Å². The highest BCUT2D eigenvalue weighted by atomic mass is 79.9. The van der Waals surface area contributed by atoms with Crippen LogP contribution in [-0.2, 0) is 0 Å². The number of likely N-dealkylation sites (tertiary alicyclic amines) is 1. The average Bonchev–Trinajstić information content (AvgIpc) is 3.16. The molecule has 1 aromatic heterocycles. The van der Waals surface area contributed by atoms with Gasteiger partial charge in [-0.3, -0.25) is 5.10 Å². The van der Waals surface area contributed by atoms with Crippen molar-refractivity contribution in [3.63, 3.8) is 0 Å². The Labute approximate surface area is 166 Å². The van der Waals surface area contributed by atoms with Crippen LogP contribution >= 0.6 is 15.9 Å². The van der Waals surface area contributed by atoms with Crippen LogP contribution in [0.4, 0.5) is 5.82 Å². The molecule has 0 saturated carbocycles. The van der Waals surface area contributed by atoms with Crippen LogP contribution in [0.2, 0.25) is 0 Å². The van der Waals surface area contributed by atoms with Crippen molar-refractivity contribution in [2.75, 3.05) is 20.1 Å². The molecule has 2 aliphatic rings. The van der Waals surface area contributed by atoms with Gasteiger partial charge in [-0.25, -0.2) is 4.99 Å². The zero-order chi connectivity index (χ0) is 19.0. The minimum Gasteiger partial charge on any atom is -0.306 e. The zero-order valence-electron chi connectivity index (χ0n) is 15.0. The fraction of sp³-hybridized carbons (Fsp3) is 0.400. The van der Waals surface area contributed by atoms with E-state index in [2.05, 4.69) is 50.2 Å². The van der Waals surface area contributed by atoms with Gasteiger partial charge in [-0.15, -0.1) is 0 Å². The molecule has 1 aromatic carbocycles. The number of nitrogens with one attached hydrogen (secondary N) is 1. The first-order valence-corrected chi connectivity index (χ1v) is 9.81. The van der Waals surface area contributed by atoms with Crippen molar-refractivity contribution < 1.29 is 0 Å². The summed E-state index contributed by atoms with van der Waals surface area (Å²) in [6.07, 6.45) is 3.76. The molecule has 2 aliphatic heterocycles. The Kier molecular flexibility index (Phi) is 4.82. The molecule has 0 amide bonds. The van der Waals surface area contributed by atoms with Gasteiger partial charge in [0.15, 0.2) is 5.82 Å². The number of aromatic nitrogens is 2. The molecule has 0 bridgehead atoms. The Morgan fingerprint density at radius 1 is 1.22 bits per heavy atom. The van der Waals surface area contributed by atoms with E-state index in [0.717, 1.165) is 53.1 Å². The van der Waals surface area contributed by atoms with Gasteiger partial charge in [0, 0.05) is 27.6 Å². The van der Waals surface area contributed by atoms with Crippen molar-refractivity contribution in [1.29, 1.82) is 10.5 Å². The lowest BCUT2D eigenvalue weighted by molar-refractivity contribution is 0.249. The van der Waals surface area contributed by atoms with E-state index in [-0.39, 0.29) is 11.8 Å². The number of rotatable bonds is 2. The van der Waals surface area contributed by atoms with Gasteiger partial charge in [-0.1, -0.05) is 12.1 Å². The molecule has 2 aromatic rings. The zero-order valence-corrected chi connectivity index (χ0v) is 16.6. The minimum atomic E-state index is -0.367. The van der Waals surface area contributed by atoms with E-state index in [4.69, 9.17) is 4.99 Å². The summed E-state index contributed by atoms with van der Waals surface area (Å²) >= 11 is 3.59. The van der Waals surface area contributed by atoms with Gasteiger partial charge in [0.25, 0.3) is 0 Å². The molecule has 0 radical (unpaired) electrons. The molecule has 0 aliphatic carbocycles. The van der Waals surface area contributed by atoms with Crippen LogP contribution in [0.3, 0.4) is 0 Å². The monoisotopic (exact) mass is 422 g/mol. The molecule has 4 rings (SSSR count). The molecule has 1 saturated heterocycles. The molecule has 27 heavy (non-hydrogen) atoms. The topological polar surface area (TPSA) is 91.9 Å². The average molecular weight is 423 g/mol. The Balaban J connectivity index is 1.82. The molecule has 7 heteroatoms. The summed E-state index contributed by atoms with van der Waals surface area (Å²) in [4.78, 5) is 7.14. The smallest absolute Gasteiger partial charge is 0.151 e. The standard InChI is InChI=1S/C20H19BrN6/c1-27-7-5-12(6-8-27)19-15(10-23)17(16-11-24-26-20(16)25-19)14-4-2-3-13(9-22)18(14)21/h2-4,11-12,15,17H,5-8H2,1H3,(H,24,26). The minimum absolute atomic E-state index is 0.196. The van der Waals surface area contributed by atoms with Crippen LogP contribution in [0, 0.1) is 34.5 Å². The Hall–Kier alpha value is -2.48. The van der Waals surface area contributed by atoms with Crippen molar-refractivity contribution in [2.45, 2.75) is 18.8 Å². The normalized spacial score (nSPS) is 23.2. The number of hydrogen-bond donors (Lipinski definition) is 1. The molecular weight excluding hydrogens is 404 g/mol. The van der Waals surface area contributed by atoms with Crippen LogP contribution in [0.25, 0.3) is 0 Å². The number of aliphatic imine (C=N–C) groups is 1. The first-order chi connectivity index (χ1) is 13.1. The van der Waals surface area contributed by atoms with E-state index in [1.54, 1.807) is 12.3 Å². The second-order valence-corrected chi connectivity index (χ2v) is 7.99. The van der Waals surface area contributed by atoms with E-state index < -0.39 is 0 Å². The van der Waals surface area contributed by atoms with Gasteiger partial charge < -0.3 is 4.90 Å². The lowest BCUT2D eigenvalue weighted by Crippen LogP contribution is -2.38. The highest BCUT2D eigenvalue weighted by molar-refractivity contribution is 9.10. The van der Waals surface area contributed by atoms with Crippen molar-refractivity contribution in [2.24, 2.45) is 16.8 Å². The largest absolute Gasteiger partial charge is 0.306 e. The van der Waals surface area contributed by atoms with Gasteiger partial charge in [-0.05, 0) is 60.5 Å². The van der Waals surface area contributed by atoms with E-state index in [9.17, 15) is 10.5 Å². The van der Waals surface area contributed by atoms with Gasteiger partial charge in [-0.2, -0.15) is 15.6 Å². The summed E-state index contributed by atoms with van der Waals surface area (Å²) in [5, 5.41) is 26.7. The lowest BCUT2D eigenvalue weighted by Gasteiger charge is -2.35. The fourth-order valence-corrected chi connectivity index (χ4v) is 4.77. The van der Waals surface area contributed by atoms with Crippen LogP contribution in [0.5, 0.6) is 0 Å². The number of piperidine rings is 1. The quantitative estimate of drug-likeness (QED) is 0.797. The maximum Gasteiger partial charge on any atom is 0.151 e. The number of hydrogen-bond acceptors (Lipinski definition) is 5. The summed E-state index contributed by atoms with van der Waals surface area (Å²) < 4.78 is 0.745. The first kappa shape index (κ1) is 17.9. The summed E-state index contributed by atoms with van der Waals surface area (Å²) in [6.45, 7) is 2.02. The van der Waals surface area contributed by atoms with Crippen molar-refractivity contribution >= 4 is 27.5 Å². The predicted octanol–water partition coefficient (Wildman–Crippen LogP) is 3.74. The molecule has 3 heterocycles. The van der Waals surface area contributed by atoms with Crippen LogP contribution in [0.1, 0.15) is 35.4 Å². The fourth-order valence-electron chi connectivity index (χ4n) is 4.17. The molecule has 0 spiro atoms. The van der Waals surface area contributed by atoms with Gasteiger partial charge in [0.05, 0.1) is 23.7 Å². The summed E-state index contributed by atoms with van der Waals surface area (Å²) in [6, 6.07) is 10.4. The number of H-pyrrole nitrogens is 1. The number of halogens is 1. The number of nitrogens with zero attached hydrogens (tertiary/aromatic N) is 5. The maximum atomic E-state index is 10.1. The predicted molar refractivity (Wildman–Crippen MR) is 106 cm³/mol. The third-order valence-corrected chi connectivity index (χ3v) is 6.52. The Bertz CT molecular complexity index is 971. The number of benzene rings is 1. The second kappa shape index (κ2) is 7.26. The molecule has 2 atom stereocenters. The third kappa shape index (κ3) is 3.07. The van der Waals surface area contributed by atoms with Crippen LogP contribution in [-0.4, -0.2) is 40.9 Å². The van der Waals surface area contributed by atoms with Crippen LogP contribution < -0.4 is 0 Å². The molecular formula is C20H19BrN6. The van der Waals surface area contributed by atoms with Gasteiger partial charge >= 0.3 is 0 Å². The van der Waals surface area contributed by atoms with Crippen molar-refractivity contribution in [3.8, 4) is 12.1 Å². The Morgan fingerprint density at radius 3 is 2.70 bits per heavy atom. The molecule has 6 nitrogen and oxygen atoms in total. The van der Waals surface area contributed by atoms with E-state index in [0.29, 0.717) is 11.5 Å². The van der Waals surface area contributed by atoms with E-state index in [1.807, 2.05) is 12.1 Å². The van der Waals surface area contributed by atoms with Crippen LogP contribution in [0.15, 0.2) is 33.9 Å². The molecule has 1 N–H and O–H groups in total. The summed E-state index contributed by atoms with van der Waals surface area (Å²) in [5.74, 6) is 0.463. The van der Waals surface area contributed by atoms with Gasteiger partial charge in [0.2, 0.25) is 0 Å². The number of fused-ring (bicyclic) bond motifs is 1. The lowest BCUT2D eigenvalue weighted by atomic mass is 9.73. The van der Waals surface area contributed by atoms with Crippen molar-refractivity contribution in [3.05, 3.63) is 45.6 Å². The summed E-state index contributed by atoms with van der Waals surface area (Å²) in [5.41, 5.74) is 3.36. The highest BCUT2D eigenvalue weighted by Crippen LogP contribution is 2.46. The van der Waals surface area contributed by atoms with E-state index >= 15 is 0 Å². The highest BCUT2D eigenvalue weighted by Gasteiger charge is 2.40. The van der Waals surface area contributed by atoms with Gasteiger partial charge in [0.1, 0.15) is 6.07 Å². The Morgan fingerprint density at radius 2 is 2.00 bits per heavy atom. The molecule has 2 unspecified atom stereocenters. The summed E-state index contributed by atoms with van der Waals surface area (Å²) in [7, 11) is 2.13. The first-order valence-electron chi connectivity index (χ1n) is 9.02. The molecule has 136 valence electrons. The third-order valence-electron chi connectivity index (χ3n) is 5.64. The second-order valence-electron chi connectivity index (χ2n) is 7.19. The SMILES string of the molecule is CN1CCC(C2=Nc3[nH]ncc3C(c3cccc(C#N)c3Br)C2C#N)CC1. The number of nitriles is 2. The maximum absolute atomic E-state index is 10.1.